The minimum atomic E-state index is 0.0702. The van der Waals surface area contributed by atoms with E-state index in [1.54, 1.807) is 11.3 Å². The molecule has 0 saturated heterocycles. The molecule has 2 heterocycles. The molecular formula is C13H19ClN4OS. The molecule has 0 aromatic carbocycles. The molecule has 0 aliphatic rings. The zero-order valence-corrected chi connectivity index (χ0v) is 13.5. The zero-order chi connectivity index (χ0) is 14.5. The van der Waals surface area contributed by atoms with E-state index in [4.69, 9.17) is 16.0 Å². The van der Waals surface area contributed by atoms with E-state index in [1.165, 1.54) is 0 Å². The van der Waals surface area contributed by atoms with Gasteiger partial charge in [0.15, 0.2) is 0 Å². The van der Waals surface area contributed by atoms with E-state index in [0.717, 1.165) is 22.2 Å². The van der Waals surface area contributed by atoms with Crippen LogP contribution in [0.15, 0.2) is 16.5 Å². The molecule has 0 fully saturated rings. The summed E-state index contributed by atoms with van der Waals surface area (Å²) in [6.07, 6.45) is 1.07. The van der Waals surface area contributed by atoms with Gasteiger partial charge < -0.3 is 14.6 Å². The van der Waals surface area contributed by atoms with Crippen LogP contribution in [0.2, 0.25) is 4.34 Å². The summed E-state index contributed by atoms with van der Waals surface area (Å²) in [7, 11) is 1.93. The maximum Gasteiger partial charge on any atom is 0.318 e. The van der Waals surface area contributed by atoms with Gasteiger partial charge in [0, 0.05) is 11.9 Å². The summed E-state index contributed by atoms with van der Waals surface area (Å²) in [6.45, 7) is 5.78. The van der Waals surface area contributed by atoms with E-state index < -0.39 is 0 Å². The van der Waals surface area contributed by atoms with Crippen molar-refractivity contribution < 1.29 is 4.42 Å². The van der Waals surface area contributed by atoms with Crippen molar-refractivity contribution in [2.75, 3.05) is 18.5 Å². The Morgan fingerprint density at radius 1 is 1.45 bits per heavy atom. The Hall–Kier alpha value is -1.11. The normalized spacial score (nSPS) is 12.6. The van der Waals surface area contributed by atoms with Crippen molar-refractivity contribution in [3.8, 4) is 0 Å². The van der Waals surface area contributed by atoms with E-state index in [1.807, 2.05) is 31.0 Å². The van der Waals surface area contributed by atoms with Crippen molar-refractivity contribution in [2.24, 2.45) is 0 Å². The maximum absolute atomic E-state index is 5.92. The van der Waals surface area contributed by atoms with E-state index in [-0.39, 0.29) is 6.04 Å². The summed E-state index contributed by atoms with van der Waals surface area (Å²) < 4.78 is 6.49. The monoisotopic (exact) mass is 314 g/mol. The predicted molar refractivity (Wildman–Crippen MR) is 82.4 cm³/mol. The Morgan fingerprint density at radius 2 is 2.25 bits per heavy atom. The Kier molecular flexibility index (Phi) is 5.39. The van der Waals surface area contributed by atoms with Crippen LogP contribution in [0, 0.1) is 0 Å². The second-order valence-electron chi connectivity index (χ2n) is 4.66. The molecule has 1 unspecified atom stereocenters. The Balaban J connectivity index is 1.97. The molecule has 0 aliphatic carbocycles. The number of nitrogens with one attached hydrogen (secondary N) is 1. The van der Waals surface area contributed by atoms with Gasteiger partial charge in [-0.15, -0.1) is 16.4 Å². The van der Waals surface area contributed by atoms with E-state index in [9.17, 15) is 0 Å². The Labute approximate surface area is 127 Å². The summed E-state index contributed by atoms with van der Waals surface area (Å²) in [6, 6.07) is 4.49. The third kappa shape index (κ3) is 3.94. The Morgan fingerprint density at radius 3 is 2.90 bits per heavy atom. The molecule has 0 spiro atoms. The van der Waals surface area contributed by atoms with Crippen LogP contribution in [0.1, 0.15) is 37.1 Å². The van der Waals surface area contributed by atoms with Gasteiger partial charge >= 0.3 is 6.01 Å². The lowest BCUT2D eigenvalue weighted by atomic mass is 10.3. The molecule has 5 nitrogen and oxygen atoms in total. The minimum absolute atomic E-state index is 0.0702. The van der Waals surface area contributed by atoms with E-state index in [0.29, 0.717) is 18.5 Å². The van der Waals surface area contributed by atoms with Gasteiger partial charge in [-0.05, 0) is 32.0 Å². The summed E-state index contributed by atoms with van der Waals surface area (Å²) in [5.41, 5.74) is 0. The van der Waals surface area contributed by atoms with Crippen molar-refractivity contribution in [1.82, 2.24) is 15.5 Å². The SMILES string of the molecule is CCCNC(C)c1nnc(N(C)Cc2ccc(Cl)s2)o1. The number of thiophene rings is 1. The topological polar surface area (TPSA) is 54.2 Å². The zero-order valence-electron chi connectivity index (χ0n) is 11.9. The average Bonchev–Trinajstić information content (AvgIpc) is 3.05. The number of nitrogens with zero attached hydrogens (tertiary/aromatic N) is 3. The van der Waals surface area contributed by atoms with Crippen LogP contribution in [-0.4, -0.2) is 23.8 Å². The number of anilines is 1. The summed E-state index contributed by atoms with van der Waals surface area (Å²) >= 11 is 7.48. The van der Waals surface area contributed by atoms with Crippen molar-refractivity contribution >= 4 is 29.0 Å². The molecule has 0 saturated carbocycles. The van der Waals surface area contributed by atoms with Gasteiger partial charge in [0.1, 0.15) is 0 Å². The maximum atomic E-state index is 5.92. The lowest BCUT2D eigenvalue weighted by Gasteiger charge is -2.12. The second kappa shape index (κ2) is 7.06. The molecule has 0 bridgehead atoms. The average molecular weight is 315 g/mol. The quantitative estimate of drug-likeness (QED) is 0.848. The summed E-state index contributed by atoms with van der Waals surface area (Å²) in [5, 5.41) is 11.5. The first kappa shape index (κ1) is 15.3. The fourth-order valence-corrected chi connectivity index (χ4v) is 2.88. The molecule has 110 valence electrons. The lowest BCUT2D eigenvalue weighted by molar-refractivity contribution is 0.416. The first-order chi connectivity index (χ1) is 9.60. The van der Waals surface area contributed by atoms with Crippen molar-refractivity contribution in [3.05, 3.63) is 27.2 Å². The highest BCUT2D eigenvalue weighted by Gasteiger charge is 2.16. The highest BCUT2D eigenvalue weighted by atomic mass is 35.5. The van der Waals surface area contributed by atoms with Gasteiger partial charge in [-0.3, -0.25) is 0 Å². The van der Waals surface area contributed by atoms with Crippen molar-refractivity contribution in [1.29, 1.82) is 0 Å². The fourth-order valence-electron chi connectivity index (χ4n) is 1.74. The van der Waals surface area contributed by atoms with Crippen LogP contribution >= 0.6 is 22.9 Å². The largest absolute Gasteiger partial charge is 0.406 e. The molecule has 1 N–H and O–H groups in total. The molecule has 1 atom stereocenters. The number of hydrogen-bond acceptors (Lipinski definition) is 6. The Bertz CT molecular complexity index is 542. The molecule has 2 aromatic heterocycles. The number of hydrogen-bond donors (Lipinski definition) is 1. The molecule has 0 radical (unpaired) electrons. The second-order valence-corrected chi connectivity index (χ2v) is 6.46. The number of rotatable bonds is 7. The smallest absolute Gasteiger partial charge is 0.318 e. The number of aromatic nitrogens is 2. The van der Waals surface area contributed by atoms with Gasteiger partial charge in [-0.1, -0.05) is 23.6 Å². The highest BCUT2D eigenvalue weighted by Crippen LogP contribution is 2.24. The van der Waals surface area contributed by atoms with Crippen LogP contribution in [0.5, 0.6) is 0 Å². The van der Waals surface area contributed by atoms with Gasteiger partial charge in [-0.2, -0.15) is 0 Å². The van der Waals surface area contributed by atoms with Gasteiger partial charge in [0.25, 0.3) is 0 Å². The van der Waals surface area contributed by atoms with Crippen LogP contribution < -0.4 is 10.2 Å². The molecule has 2 rings (SSSR count). The van der Waals surface area contributed by atoms with Crippen LogP contribution in [0.25, 0.3) is 0 Å². The van der Waals surface area contributed by atoms with Gasteiger partial charge in [0.2, 0.25) is 5.89 Å². The van der Waals surface area contributed by atoms with Gasteiger partial charge in [0.05, 0.1) is 16.9 Å². The molecule has 0 aliphatic heterocycles. The predicted octanol–water partition coefficient (Wildman–Crippen LogP) is 3.48. The summed E-state index contributed by atoms with van der Waals surface area (Å²) in [4.78, 5) is 3.08. The summed E-state index contributed by atoms with van der Waals surface area (Å²) in [5.74, 6) is 0.615. The van der Waals surface area contributed by atoms with Gasteiger partial charge in [-0.25, -0.2) is 0 Å². The third-order valence-electron chi connectivity index (χ3n) is 2.85. The molecular weight excluding hydrogens is 296 g/mol. The number of halogens is 1. The minimum Gasteiger partial charge on any atom is -0.406 e. The first-order valence-electron chi connectivity index (χ1n) is 6.62. The van der Waals surface area contributed by atoms with E-state index >= 15 is 0 Å². The lowest BCUT2D eigenvalue weighted by Crippen LogP contribution is -2.19. The van der Waals surface area contributed by atoms with Crippen LogP contribution in [0.4, 0.5) is 6.01 Å². The third-order valence-corrected chi connectivity index (χ3v) is 4.07. The van der Waals surface area contributed by atoms with Crippen molar-refractivity contribution in [3.63, 3.8) is 0 Å². The van der Waals surface area contributed by atoms with E-state index in [2.05, 4.69) is 22.4 Å². The molecule has 20 heavy (non-hydrogen) atoms. The molecule has 2 aromatic rings. The molecule has 7 heteroatoms. The van der Waals surface area contributed by atoms with Crippen molar-refractivity contribution in [2.45, 2.75) is 32.9 Å². The first-order valence-corrected chi connectivity index (χ1v) is 7.81. The highest BCUT2D eigenvalue weighted by molar-refractivity contribution is 7.16. The molecule has 0 amide bonds. The van der Waals surface area contributed by atoms with Crippen LogP contribution in [0.3, 0.4) is 0 Å². The fraction of sp³-hybridized carbons (Fsp3) is 0.538. The standard InChI is InChI=1S/C13H19ClN4OS/c1-4-7-15-9(2)12-16-17-13(19-12)18(3)8-10-5-6-11(14)20-10/h5-6,9,15H,4,7-8H2,1-3H3. The van der Waals surface area contributed by atoms with Crippen LogP contribution in [-0.2, 0) is 6.54 Å².